The number of carbonyl (C=O) groups is 1. The Labute approximate surface area is 130 Å². The molecule has 1 aromatic rings. The van der Waals surface area contributed by atoms with Crippen molar-refractivity contribution >= 4 is 5.91 Å². The van der Waals surface area contributed by atoms with Crippen LogP contribution in [0.1, 0.15) is 50.3 Å². The summed E-state index contributed by atoms with van der Waals surface area (Å²) in [6.07, 6.45) is 5.56. The molecule has 120 valence electrons. The highest BCUT2D eigenvalue weighted by Crippen LogP contribution is 2.38. The largest absolute Gasteiger partial charge is 0.393 e. The summed E-state index contributed by atoms with van der Waals surface area (Å²) >= 11 is 0. The fraction of sp³-hybridized carbons (Fsp3) is 0.647. The second kappa shape index (κ2) is 6.75. The van der Waals surface area contributed by atoms with Crippen molar-refractivity contribution in [1.29, 1.82) is 0 Å². The minimum atomic E-state index is -0.252. The van der Waals surface area contributed by atoms with Crippen LogP contribution in [-0.2, 0) is 4.79 Å². The van der Waals surface area contributed by atoms with Gasteiger partial charge in [0.1, 0.15) is 0 Å². The lowest BCUT2D eigenvalue weighted by atomic mass is 9.75. The van der Waals surface area contributed by atoms with E-state index in [2.05, 4.69) is 10.3 Å². The van der Waals surface area contributed by atoms with Crippen molar-refractivity contribution in [2.24, 2.45) is 11.8 Å². The Morgan fingerprint density at radius 2 is 1.86 bits per heavy atom. The van der Waals surface area contributed by atoms with Crippen LogP contribution >= 0.6 is 0 Å². The molecule has 5 heteroatoms. The molecule has 1 heterocycles. The SMILES string of the molecule is O=C(N[C@@H](c1ccccn1)C1CC(O)C1)C1CCC(O)CC1. The number of amides is 1. The Balaban J connectivity index is 1.66. The van der Waals surface area contributed by atoms with E-state index in [0.29, 0.717) is 25.7 Å². The molecule has 1 amide bonds. The van der Waals surface area contributed by atoms with Crippen LogP contribution in [0.4, 0.5) is 0 Å². The maximum absolute atomic E-state index is 12.5. The van der Waals surface area contributed by atoms with E-state index >= 15 is 0 Å². The van der Waals surface area contributed by atoms with Crippen LogP contribution in [-0.4, -0.2) is 33.3 Å². The van der Waals surface area contributed by atoms with E-state index in [1.165, 1.54) is 0 Å². The van der Waals surface area contributed by atoms with Crippen LogP contribution in [0.2, 0.25) is 0 Å². The van der Waals surface area contributed by atoms with Crippen LogP contribution in [0, 0.1) is 11.8 Å². The molecule has 3 N–H and O–H groups in total. The monoisotopic (exact) mass is 304 g/mol. The van der Waals surface area contributed by atoms with Crippen molar-refractivity contribution in [3.05, 3.63) is 30.1 Å². The zero-order chi connectivity index (χ0) is 15.5. The second-order valence-corrected chi connectivity index (χ2v) is 6.63. The lowest BCUT2D eigenvalue weighted by molar-refractivity contribution is -0.128. The molecule has 0 spiro atoms. The number of nitrogens with zero attached hydrogens (tertiary/aromatic N) is 1. The molecule has 5 nitrogen and oxygen atoms in total. The zero-order valence-corrected chi connectivity index (χ0v) is 12.7. The van der Waals surface area contributed by atoms with E-state index in [1.807, 2.05) is 18.2 Å². The average Bonchev–Trinajstić information content (AvgIpc) is 2.51. The Morgan fingerprint density at radius 3 is 2.45 bits per heavy atom. The van der Waals surface area contributed by atoms with Gasteiger partial charge in [0.15, 0.2) is 0 Å². The molecule has 2 saturated carbocycles. The lowest BCUT2D eigenvalue weighted by Gasteiger charge is -2.38. The molecule has 0 unspecified atom stereocenters. The van der Waals surface area contributed by atoms with E-state index in [0.717, 1.165) is 18.5 Å². The summed E-state index contributed by atoms with van der Waals surface area (Å²) in [6, 6.07) is 5.60. The Hall–Kier alpha value is -1.46. The predicted molar refractivity (Wildman–Crippen MR) is 81.8 cm³/mol. The van der Waals surface area contributed by atoms with E-state index in [1.54, 1.807) is 6.20 Å². The van der Waals surface area contributed by atoms with Crippen molar-refractivity contribution in [2.75, 3.05) is 0 Å². The van der Waals surface area contributed by atoms with E-state index in [9.17, 15) is 15.0 Å². The van der Waals surface area contributed by atoms with Crippen molar-refractivity contribution in [1.82, 2.24) is 10.3 Å². The van der Waals surface area contributed by atoms with Crippen LogP contribution in [0.25, 0.3) is 0 Å². The van der Waals surface area contributed by atoms with Gasteiger partial charge in [-0.05, 0) is 56.6 Å². The van der Waals surface area contributed by atoms with Crippen molar-refractivity contribution in [3.63, 3.8) is 0 Å². The smallest absolute Gasteiger partial charge is 0.223 e. The molecule has 0 saturated heterocycles. The summed E-state index contributed by atoms with van der Waals surface area (Å²) in [6.45, 7) is 0. The third-order valence-corrected chi connectivity index (χ3v) is 4.99. The quantitative estimate of drug-likeness (QED) is 0.788. The third kappa shape index (κ3) is 3.47. The van der Waals surface area contributed by atoms with E-state index in [-0.39, 0.29) is 36.0 Å². The number of rotatable bonds is 4. The van der Waals surface area contributed by atoms with Crippen LogP contribution in [0.5, 0.6) is 0 Å². The van der Waals surface area contributed by atoms with Crippen LogP contribution in [0.15, 0.2) is 24.4 Å². The molecular formula is C17H24N2O3. The first kappa shape index (κ1) is 15.4. The number of aliphatic hydroxyl groups is 2. The van der Waals surface area contributed by atoms with Gasteiger partial charge in [-0.15, -0.1) is 0 Å². The molecule has 2 fully saturated rings. The highest BCUT2D eigenvalue weighted by Gasteiger charge is 2.37. The van der Waals surface area contributed by atoms with Crippen LogP contribution in [0.3, 0.4) is 0 Å². The Bertz CT molecular complexity index is 494. The Kier molecular flexibility index (Phi) is 4.74. The van der Waals surface area contributed by atoms with Gasteiger partial charge < -0.3 is 15.5 Å². The Morgan fingerprint density at radius 1 is 1.14 bits per heavy atom. The normalized spacial score (nSPS) is 32.8. The van der Waals surface area contributed by atoms with Gasteiger partial charge in [-0.25, -0.2) is 0 Å². The molecule has 0 bridgehead atoms. The number of aromatic nitrogens is 1. The molecule has 22 heavy (non-hydrogen) atoms. The first-order valence-electron chi connectivity index (χ1n) is 8.21. The number of nitrogens with one attached hydrogen (secondary N) is 1. The summed E-state index contributed by atoms with van der Waals surface area (Å²) in [4.78, 5) is 16.9. The summed E-state index contributed by atoms with van der Waals surface area (Å²) < 4.78 is 0. The summed E-state index contributed by atoms with van der Waals surface area (Å²) in [5.74, 6) is 0.298. The van der Waals surface area contributed by atoms with Gasteiger partial charge in [-0.2, -0.15) is 0 Å². The fourth-order valence-electron chi connectivity index (χ4n) is 3.50. The molecule has 1 atom stereocenters. The lowest BCUT2D eigenvalue weighted by Crippen LogP contribution is -2.44. The van der Waals surface area contributed by atoms with E-state index < -0.39 is 0 Å². The molecule has 3 rings (SSSR count). The van der Waals surface area contributed by atoms with Gasteiger partial charge >= 0.3 is 0 Å². The van der Waals surface area contributed by atoms with Gasteiger partial charge in [-0.1, -0.05) is 6.07 Å². The summed E-state index contributed by atoms with van der Waals surface area (Å²) in [7, 11) is 0. The highest BCUT2D eigenvalue weighted by molar-refractivity contribution is 5.79. The molecule has 2 aliphatic rings. The topological polar surface area (TPSA) is 82.5 Å². The predicted octanol–water partition coefficient (Wildman–Crippen LogP) is 1.56. The zero-order valence-electron chi connectivity index (χ0n) is 12.7. The minimum Gasteiger partial charge on any atom is -0.393 e. The number of aliphatic hydroxyl groups excluding tert-OH is 2. The maximum Gasteiger partial charge on any atom is 0.223 e. The van der Waals surface area contributed by atoms with Gasteiger partial charge in [0, 0.05) is 12.1 Å². The number of hydrogen-bond acceptors (Lipinski definition) is 4. The number of hydrogen-bond donors (Lipinski definition) is 3. The maximum atomic E-state index is 12.5. The van der Waals surface area contributed by atoms with Gasteiger partial charge in [0.2, 0.25) is 5.91 Å². The average molecular weight is 304 g/mol. The number of carbonyl (C=O) groups excluding carboxylic acids is 1. The van der Waals surface area contributed by atoms with Gasteiger partial charge in [-0.3, -0.25) is 9.78 Å². The van der Waals surface area contributed by atoms with E-state index in [4.69, 9.17) is 0 Å². The van der Waals surface area contributed by atoms with Gasteiger partial charge in [0.05, 0.1) is 23.9 Å². The minimum absolute atomic E-state index is 0.0142. The second-order valence-electron chi connectivity index (χ2n) is 6.63. The fourth-order valence-corrected chi connectivity index (χ4v) is 3.50. The third-order valence-electron chi connectivity index (χ3n) is 4.99. The summed E-state index contributed by atoms with van der Waals surface area (Å²) in [5, 5.41) is 22.3. The first-order chi connectivity index (χ1) is 10.6. The number of pyridine rings is 1. The first-order valence-corrected chi connectivity index (χ1v) is 8.21. The van der Waals surface area contributed by atoms with Gasteiger partial charge in [0.25, 0.3) is 0 Å². The van der Waals surface area contributed by atoms with Crippen molar-refractivity contribution < 1.29 is 15.0 Å². The molecule has 0 radical (unpaired) electrons. The summed E-state index contributed by atoms with van der Waals surface area (Å²) in [5.41, 5.74) is 0.864. The molecule has 0 aromatic carbocycles. The van der Waals surface area contributed by atoms with Crippen molar-refractivity contribution in [3.8, 4) is 0 Å². The molecule has 1 aromatic heterocycles. The van der Waals surface area contributed by atoms with Crippen molar-refractivity contribution in [2.45, 2.75) is 56.8 Å². The molecule has 2 aliphatic carbocycles. The molecular weight excluding hydrogens is 280 g/mol. The molecule has 0 aliphatic heterocycles. The standard InChI is InChI=1S/C17H24N2O3/c20-13-6-4-11(5-7-13)17(22)19-16(12-9-14(21)10-12)15-3-1-2-8-18-15/h1-3,8,11-14,16,20-21H,4-7,9-10H2,(H,19,22)/t11?,12?,13?,14?,16-/m1/s1. The highest BCUT2D eigenvalue weighted by atomic mass is 16.3. The van der Waals surface area contributed by atoms with Crippen LogP contribution < -0.4 is 5.32 Å².